The van der Waals surface area contributed by atoms with E-state index in [2.05, 4.69) is 9.97 Å². The van der Waals surface area contributed by atoms with Crippen molar-refractivity contribution >= 4 is 5.65 Å². The van der Waals surface area contributed by atoms with Crippen molar-refractivity contribution in [3.8, 4) is 0 Å². The molecule has 0 aliphatic heterocycles. The molecule has 0 radical (unpaired) electrons. The van der Waals surface area contributed by atoms with E-state index in [1.165, 1.54) is 0 Å². The van der Waals surface area contributed by atoms with E-state index in [0.717, 1.165) is 23.8 Å². The Labute approximate surface area is 132 Å². The third kappa shape index (κ3) is 3.05. The number of imidazole rings is 1. The second-order valence-corrected chi connectivity index (χ2v) is 7.74. The number of fused-ring (bicyclic) bond motifs is 1. The molecule has 0 unspecified atom stereocenters. The van der Waals surface area contributed by atoms with E-state index in [4.69, 9.17) is 0 Å². The number of nitrogens with zero attached hydrogens (tertiary/aromatic N) is 3. The molecule has 0 N–H and O–H groups in total. The van der Waals surface area contributed by atoms with Crippen LogP contribution in [-0.2, 0) is 16.8 Å². The molecule has 0 atom stereocenters. The molecule has 128 valence electrons. The molecule has 0 fully saturated rings. The maximum Gasteiger partial charge on any atom is 0.349 e. The molecule has 3 nitrogen and oxygen atoms in total. The zero-order valence-corrected chi connectivity index (χ0v) is 14.1. The van der Waals surface area contributed by atoms with Crippen molar-refractivity contribution in [1.29, 1.82) is 0 Å². The van der Waals surface area contributed by atoms with Gasteiger partial charge in [0.1, 0.15) is 17.7 Å². The van der Waals surface area contributed by atoms with Gasteiger partial charge in [-0.3, -0.25) is 4.40 Å². The van der Waals surface area contributed by atoms with Crippen LogP contribution < -0.4 is 0 Å². The first kappa shape index (κ1) is 17.7. The van der Waals surface area contributed by atoms with Gasteiger partial charge in [-0.05, 0) is 0 Å². The second kappa shape index (κ2) is 5.18. The Morgan fingerprint density at radius 3 is 2.00 bits per heavy atom. The predicted molar refractivity (Wildman–Crippen MR) is 80.3 cm³/mol. The fourth-order valence-electron chi connectivity index (χ4n) is 2.48. The van der Waals surface area contributed by atoms with Crippen LogP contribution in [0, 0.1) is 0 Å². The molecule has 23 heavy (non-hydrogen) atoms. The van der Waals surface area contributed by atoms with Crippen LogP contribution >= 0.6 is 0 Å². The summed E-state index contributed by atoms with van der Waals surface area (Å²) in [5.41, 5.74) is 0.177. The number of hydrogen-bond acceptors (Lipinski definition) is 2. The van der Waals surface area contributed by atoms with E-state index in [9.17, 15) is 17.6 Å². The van der Waals surface area contributed by atoms with Crippen molar-refractivity contribution in [1.82, 2.24) is 14.4 Å². The lowest BCUT2D eigenvalue weighted by molar-refractivity contribution is -0.138. The molecule has 0 amide bonds. The van der Waals surface area contributed by atoms with E-state index in [1.807, 2.05) is 41.5 Å². The first-order chi connectivity index (χ1) is 10.3. The highest BCUT2D eigenvalue weighted by molar-refractivity contribution is 5.48. The topological polar surface area (TPSA) is 30.2 Å². The van der Waals surface area contributed by atoms with Crippen LogP contribution in [-0.4, -0.2) is 20.8 Å². The van der Waals surface area contributed by atoms with Gasteiger partial charge in [0.25, 0.3) is 0 Å². The summed E-state index contributed by atoms with van der Waals surface area (Å²) in [5, 5.41) is 0. The van der Waals surface area contributed by atoms with Gasteiger partial charge in [0, 0.05) is 16.9 Å². The van der Waals surface area contributed by atoms with E-state index >= 15 is 0 Å². The molecule has 0 aliphatic rings. The van der Waals surface area contributed by atoms with Crippen molar-refractivity contribution in [2.75, 3.05) is 0 Å². The molecule has 2 heterocycles. The molecule has 0 saturated carbocycles. The van der Waals surface area contributed by atoms with Crippen molar-refractivity contribution in [3.63, 3.8) is 0 Å². The van der Waals surface area contributed by atoms with Crippen molar-refractivity contribution in [2.24, 2.45) is 0 Å². The van der Waals surface area contributed by atoms with Crippen molar-refractivity contribution in [2.45, 2.75) is 64.7 Å². The molecule has 0 aromatic carbocycles. The largest absolute Gasteiger partial charge is 0.349 e. The summed E-state index contributed by atoms with van der Waals surface area (Å²) in [6.45, 7) is 11.8. The summed E-state index contributed by atoms with van der Waals surface area (Å²) in [6.07, 6.45) is -2.65. The summed E-state index contributed by atoms with van der Waals surface area (Å²) in [6, 6.07) is 0.941. The minimum absolute atomic E-state index is 0.199. The van der Waals surface area contributed by atoms with Crippen LogP contribution in [0.15, 0.2) is 12.4 Å². The van der Waals surface area contributed by atoms with Gasteiger partial charge in [-0.2, -0.15) is 8.78 Å². The molecule has 0 aliphatic carbocycles. The predicted octanol–water partition coefficient (Wildman–Crippen LogP) is 4.68. The van der Waals surface area contributed by atoms with Crippen LogP contribution in [0.3, 0.4) is 0 Å². The van der Waals surface area contributed by atoms with Crippen LogP contribution in [0.5, 0.6) is 0 Å². The highest BCUT2D eigenvalue weighted by atomic mass is 19.3. The standard InChI is InChI=1S/C16H21F4N3/c1-14(2,3)11-12(15(4,5)6)23-8-21-9(7-10(23)22-11)16(19,20)13(17)18/h7-8,13H,1-6H3. The fraction of sp³-hybridized carbons (Fsp3) is 0.625. The number of rotatable bonds is 2. The molecule has 2 rings (SSSR count). The first-order valence-corrected chi connectivity index (χ1v) is 7.31. The lowest BCUT2D eigenvalue weighted by Crippen LogP contribution is -2.25. The average Bonchev–Trinajstić information content (AvgIpc) is 2.76. The molecule has 2 aromatic rings. The molecule has 2 aromatic heterocycles. The minimum Gasteiger partial charge on any atom is -0.287 e. The second-order valence-electron chi connectivity index (χ2n) is 7.74. The Bertz CT molecular complexity index is 721. The van der Waals surface area contributed by atoms with Crippen LogP contribution in [0.1, 0.15) is 58.6 Å². The minimum atomic E-state index is -4.29. The van der Waals surface area contributed by atoms with Crippen LogP contribution in [0.25, 0.3) is 5.65 Å². The highest BCUT2D eigenvalue weighted by Gasteiger charge is 2.44. The molecule has 0 bridgehead atoms. The summed E-state index contributed by atoms with van der Waals surface area (Å²) in [5.74, 6) is -4.29. The highest BCUT2D eigenvalue weighted by Crippen LogP contribution is 2.37. The monoisotopic (exact) mass is 331 g/mol. The van der Waals surface area contributed by atoms with Crippen LogP contribution in [0.2, 0.25) is 0 Å². The van der Waals surface area contributed by atoms with Gasteiger partial charge in [-0.25, -0.2) is 18.7 Å². The summed E-state index contributed by atoms with van der Waals surface area (Å²) < 4.78 is 53.8. The van der Waals surface area contributed by atoms with Crippen LogP contribution in [0.4, 0.5) is 17.6 Å². The molecular weight excluding hydrogens is 310 g/mol. The Kier molecular flexibility index (Phi) is 3.98. The van der Waals surface area contributed by atoms with Gasteiger partial charge < -0.3 is 0 Å². The Hall–Kier alpha value is -1.66. The average molecular weight is 331 g/mol. The number of alkyl halides is 4. The van der Waals surface area contributed by atoms with E-state index in [-0.39, 0.29) is 16.5 Å². The van der Waals surface area contributed by atoms with Gasteiger partial charge in [0.2, 0.25) is 0 Å². The molecule has 0 spiro atoms. The Morgan fingerprint density at radius 1 is 1.00 bits per heavy atom. The SMILES string of the molecule is CC(C)(C)c1nc2cc(C(F)(F)C(F)F)ncn2c1C(C)(C)C. The lowest BCUT2D eigenvalue weighted by Gasteiger charge is -2.25. The van der Waals surface area contributed by atoms with Gasteiger partial charge >= 0.3 is 12.3 Å². The van der Waals surface area contributed by atoms with Gasteiger partial charge in [0.05, 0.1) is 11.4 Å². The quantitative estimate of drug-likeness (QED) is 0.748. The maximum atomic E-state index is 13.5. The van der Waals surface area contributed by atoms with Crippen molar-refractivity contribution in [3.05, 3.63) is 29.5 Å². The summed E-state index contributed by atoms with van der Waals surface area (Å²) in [7, 11) is 0. The number of aromatic nitrogens is 3. The van der Waals surface area contributed by atoms with E-state index in [0.29, 0.717) is 0 Å². The normalized spacial score (nSPS) is 14.0. The summed E-state index contributed by atoms with van der Waals surface area (Å²) >= 11 is 0. The Morgan fingerprint density at radius 2 is 1.57 bits per heavy atom. The van der Waals surface area contributed by atoms with E-state index in [1.54, 1.807) is 4.40 Å². The Balaban J connectivity index is 2.76. The third-order valence-corrected chi connectivity index (χ3v) is 3.55. The zero-order chi connectivity index (χ0) is 17.8. The molecular formula is C16H21F4N3. The molecule has 0 saturated heterocycles. The zero-order valence-electron chi connectivity index (χ0n) is 14.1. The van der Waals surface area contributed by atoms with Crippen molar-refractivity contribution < 1.29 is 17.6 Å². The first-order valence-electron chi connectivity index (χ1n) is 7.31. The fourth-order valence-corrected chi connectivity index (χ4v) is 2.48. The summed E-state index contributed by atoms with van der Waals surface area (Å²) in [4.78, 5) is 7.99. The lowest BCUT2D eigenvalue weighted by atomic mass is 9.82. The van der Waals surface area contributed by atoms with E-state index < -0.39 is 18.0 Å². The maximum absolute atomic E-state index is 13.5. The smallest absolute Gasteiger partial charge is 0.287 e. The third-order valence-electron chi connectivity index (χ3n) is 3.55. The number of hydrogen-bond donors (Lipinski definition) is 0. The van der Waals surface area contributed by atoms with Gasteiger partial charge in [-0.15, -0.1) is 0 Å². The van der Waals surface area contributed by atoms with Gasteiger partial charge in [-0.1, -0.05) is 41.5 Å². The van der Waals surface area contributed by atoms with Gasteiger partial charge in [0.15, 0.2) is 0 Å². The number of halogens is 4. The molecule has 7 heteroatoms.